The van der Waals surface area contributed by atoms with Gasteiger partial charge in [-0.1, -0.05) is 38.2 Å². The van der Waals surface area contributed by atoms with Gasteiger partial charge in [-0.3, -0.25) is 0 Å². The maximum Gasteiger partial charge on any atom is 0.131 e. The molecule has 0 radical (unpaired) electrons. The van der Waals surface area contributed by atoms with Crippen molar-refractivity contribution in [2.45, 2.75) is 59.2 Å². The third-order valence-electron chi connectivity index (χ3n) is 3.57. The number of hydrogen-bond acceptors (Lipinski definition) is 2. The van der Waals surface area contributed by atoms with Crippen LogP contribution < -0.4 is 0 Å². The number of halogens is 1. The van der Waals surface area contributed by atoms with Gasteiger partial charge in [0.25, 0.3) is 0 Å². The monoisotopic (exact) mass is 298 g/mol. The van der Waals surface area contributed by atoms with Gasteiger partial charge in [0.2, 0.25) is 0 Å². The Morgan fingerprint density at radius 3 is 2.00 bits per heavy atom. The van der Waals surface area contributed by atoms with Gasteiger partial charge < -0.3 is 9.80 Å². The predicted molar refractivity (Wildman–Crippen MR) is 92.6 cm³/mol. The Kier molecular flexibility index (Phi) is 12.6. The molecule has 2 aliphatic heterocycles. The molecule has 0 aromatic heterocycles. The van der Waals surface area contributed by atoms with Crippen molar-refractivity contribution < 1.29 is 4.39 Å². The van der Waals surface area contributed by atoms with E-state index in [1.54, 1.807) is 6.08 Å². The van der Waals surface area contributed by atoms with E-state index in [2.05, 4.69) is 30.9 Å². The van der Waals surface area contributed by atoms with Crippen LogP contribution in [0, 0.1) is 0 Å². The van der Waals surface area contributed by atoms with Crippen LogP contribution in [0.1, 0.15) is 47.0 Å². The summed E-state index contributed by atoms with van der Waals surface area (Å²) in [6, 6.07) is 0.722. The fourth-order valence-corrected chi connectivity index (χ4v) is 2.33. The summed E-state index contributed by atoms with van der Waals surface area (Å²) in [4.78, 5) is 4.53. The Hall–Kier alpha value is -0.670. The lowest BCUT2D eigenvalue weighted by atomic mass is 10.3. The summed E-state index contributed by atoms with van der Waals surface area (Å²) in [6.45, 7) is 12.6. The van der Waals surface area contributed by atoms with Crippen molar-refractivity contribution in [1.29, 1.82) is 0 Å². The summed E-state index contributed by atoms with van der Waals surface area (Å²) in [5.74, 6) is 0. The fourth-order valence-electron chi connectivity index (χ4n) is 2.33. The third kappa shape index (κ3) is 10.7. The van der Waals surface area contributed by atoms with E-state index < -0.39 is 6.17 Å². The van der Waals surface area contributed by atoms with Crippen LogP contribution in [0.25, 0.3) is 0 Å². The van der Waals surface area contributed by atoms with Crippen LogP contribution in [0.5, 0.6) is 0 Å². The molecular weight excluding hydrogens is 263 g/mol. The van der Waals surface area contributed by atoms with Gasteiger partial charge in [0, 0.05) is 32.2 Å². The van der Waals surface area contributed by atoms with Gasteiger partial charge in [-0.05, 0) is 40.2 Å². The molecule has 2 nitrogen and oxygen atoms in total. The summed E-state index contributed by atoms with van der Waals surface area (Å²) in [5.41, 5.74) is 0. The molecule has 0 aromatic rings. The Morgan fingerprint density at radius 1 is 0.952 bits per heavy atom. The Morgan fingerprint density at radius 2 is 1.48 bits per heavy atom. The standard InChI is InChI=1S/C9H17N.C7H12FN.C2H6/c1-9(2)10-7-5-3-4-6-8-10;1-9-5-3-2-4-7(8)6-9;1-2/h3-4,9H,5-8H2,1-2H3;2,4,7H,3,5-6H2,1H3;1-2H3. The van der Waals surface area contributed by atoms with Crippen LogP contribution in [0.3, 0.4) is 0 Å². The first kappa shape index (κ1) is 20.3. The van der Waals surface area contributed by atoms with Gasteiger partial charge in [-0.15, -0.1) is 0 Å². The molecule has 0 saturated heterocycles. The first-order chi connectivity index (χ1) is 10.1. The van der Waals surface area contributed by atoms with Gasteiger partial charge in [-0.2, -0.15) is 0 Å². The zero-order chi connectivity index (χ0) is 16.1. The topological polar surface area (TPSA) is 6.48 Å². The Labute approximate surface area is 131 Å². The maximum absolute atomic E-state index is 12.6. The van der Waals surface area contributed by atoms with Gasteiger partial charge in [0.1, 0.15) is 6.17 Å². The molecular formula is C18H35FN2. The highest BCUT2D eigenvalue weighted by Crippen LogP contribution is 2.06. The van der Waals surface area contributed by atoms with Crippen molar-refractivity contribution in [3.05, 3.63) is 24.3 Å². The van der Waals surface area contributed by atoms with E-state index in [0.717, 1.165) is 19.0 Å². The molecule has 0 N–H and O–H groups in total. The minimum Gasteiger partial charge on any atom is -0.303 e. The summed E-state index contributed by atoms with van der Waals surface area (Å²) in [7, 11) is 1.94. The third-order valence-corrected chi connectivity index (χ3v) is 3.57. The summed E-state index contributed by atoms with van der Waals surface area (Å²) in [6.07, 6.45) is 10.8. The maximum atomic E-state index is 12.6. The number of rotatable bonds is 1. The zero-order valence-corrected chi connectivity index (χ0v) is 14.7. The average molecular weight is 298 g/mol. The zero-order valence-electron chi connectivity index (χ0n) is 14.7. The smallest absolute Gasteiger partial charge is 0.131 e. The van der Waals surface area contributed by atoms with E-state index >= 15 is 0 Å². The second-order valence-electron chi connectivity index (χ2n) is 5.67. The van der Waals surface area contributed by atoms with Crippen molar-refractivity contribution in [3.8, 4) is 0 Å². The van der Waals surface area contributed by atoms with E-state index in [9.17, 15) is 4.39 Å². The molecule has 21 heavy (non-hydrogen) atoms. The molecule has 0 spiro atoms. The molecule has 0 amide bonds. The van der Waals surface area contributed by atoms with Crippen LogP contribution in [0.4, 0.5) is 4.39 Å². The lowest BCUT2D eigenvalue weighted by molar-refractivity contribution is 0.234. The first-order valence-corrected chi connectivity index (χ1v) is 8.48. The molecule has 0 aliphatic carbocycles. The number of hydrogen-bond donors (Lipinski definition) is 0. The molecule has 2 aliphatic rings. The van der Waals surface area contributed by atoms with Crippen LogP contribution in [-0.2, 0) is 0 Å². The largest absolute Gasteiger partial charge is 0.303 e. The first-order valence-electron chi connectivity index (χ1n) is 8.48. The quantitative estimate of drug-likeness (QED) is 0.666. The molecule has 1 unspecified atom stereocenters. The second-order valence-corrected chi connectivity index (χ2v) is 5.67. The SMILES string of the molecule is CC.CC(C)N1CCC=CCC1.CN1CCC=CC(F)C1. The Bertz CT molecular complexity index is 277. The normalized spacial score (nSPS) is 23.5. The number of nitrogens with zero attached hydrogens (tertiary/aromatic N) is 2. The van der Waals surface area contributed by atoms with Gasteiger partial charge in [-0.25, -0.2) is 4.39 Å². The fraction of sp³-hybridized carbons (Fsp3) is 0.778. The molecule has 0 bridgehead atoms. The van der Waals surface area contributed by atoms with Crippen LogP contribution in [0.15, 0.2) is 24.3 Å². The van der Waals surface area contributed by atoms with Crippen molar-refractivity contribution in [2.24, 2.45) is 0 Å². The summed E-state index contributed by atoms with van der Waals surface area (Å²) in [5, 5.41) is 0. The van der Waals surface area contributed by atoms with Crippen molar-refractivity contribution >= 4 is 0 Å². The van der Waals surface area contributed by atoms with Crippen molar-refractivity contribution in [2.75, 3.05) is 33.2 Å². The lowest BCUT2D eigenvalue weighted by Crippen LogP contribution is -2.31. The second kappa shape index (κ2) is 13.0. The highest BCUT2D eigenvalue weighted by molar-refractivity contribution is 4.93. The summed E-state index contributed by atoms with van der Waals surface area (Å²) >= 11 is 0. The van der Waals surface area contributed by atoms with E-state index in [-0.39, 0.29) is 0 Å². The summed E-state index contributed by atoms with van der Waals surface area (Å²) < 4.78 is 12.6. The van der Waals surface area contributed by atoms with Crippen LogP contribution in [0.2, 0.25) is 0 Å². The van der Waals surface area contributed by atoms with Gasteiger partial charge in [0.15, 0.2) is 0 Å². The minimum atomic E-state index is -0.752. The van der Waals surface area contributed by atoms with Crippen molar-refractivity contribution in [3.63, 3.8) is 0 Å². The van der Waals surface area contributed by atoms with Gasteiger partial charge >= 0.3 is 0 Å². The van der Waals surface area contributed by atoms with E-state index in [4.69, 9.17) is 0 Å². The molecule has 0 saturated carbocycles. The van der Waals surface area contributed by atoms with E-state index in [1.807, 2.05) is 31.9 Å². The molecule has 3 heteroatoms. The lowest BCUT2D eigenvalue weighted by Gasteiger charge is -2.23. The highest BCUT2D eigenvalue weighted by Gasteiger charge is 2.08. The molecule has 2 rings (SSSR count). The molecule has 0 fully saturated rings. The highest BCUT2D eigenvalue weighted by atomic mass is 19.1. The van der Waals surface area contributed by atoms with Crippen molar-refractivity contribution in [1.82, 2.24) is 9.80 Å². The molecule has 1 atom stereocenters. The van der Waals surface area contributed by atoms with Crippen LogP contribution in [-0.4, -0.2) is 55.2 Å². The number of alkyl halides is 1. The van der Waals surface area contributed by atoms with E-state index in [1.165, 1.54) is 25.9 Å². The predicted octanol–water partition coefficient (Wildman–Crippen LogP) is 4.29. The molecule has 124 valence electrons. The minimum absolute atomic E-state index is 0.552. The average Bonchev–Trinajstić information content (AvgIpc) is 2.84. The molecule has 0 aromatic carbocycles. The van der Waals surface area contributed by atoms with E-state index in [0.29, 0.717) is 6.54 Å². The van der Waals surface area contributed by atoms with Crippen LogP contribution >= 0.6 is 0 Å². The van der Waals surface area contributed by atoms with Gasteiger partial charge in [0.05, 0.1) is 0 Å². The molecule has 2 heterocycles. The Balaban J connectivity index is 0.000000342.